The minimum atomic E-state index is -1.02. The van der Waals surface area contributed by atoms with Crippen LogP contribution in [0.5, 0.6) is 0 Å². The van der Waals surface area contributed by atoms with Crippen molar-refractivity contribution < 1.29 is 19.4 Å². The zero-order chi connectivity index (χ0) is 14.6. The van der Waals surface area contributed by atoms with Gasteiger partial charge in [0.15, 0.2) is 0 Å². The van der Waals surface area contributed by atoms with E-state index < -0.39 is 11.5 Å². The van der Waals surface area contributed by atoms with Gasteiger partial charge in [0.2, 0.25) is 5.91 Å². The van der Waals surface area contributed by atoms with Crippen LogP contribution in [0.2, 0.25) is 0 Å². The van der Waals surface area contributed by atoms with E-state index in [0.717, 1.165) is 44.9 Å². The van der Waals surface area contributed by atoms with Crippen molar-refractivity contribution in [2.45, 2.75) is 69.4 Å². The van der Waals surface area contributed by atoms with E-state index in [1.807, 2.05) is 0 Å². The molecule has 0 aromatic rings. The number of hydrogen-bond donors (Lipinski definition) is 1. The standard InChI is InChI=1S/C15H25NO4/c1-16(13(17)11-20-12-7-3-4-8-12)15(14(18)19)9-5-2-6-10-15/h12H,2-11H2,1H3,(H,18,19). The average Bonchev–Trinajstić information content (AvgIpc) is 2.97. The van der Waals surface area contributed by atoms with Crippen LogP contribution in [-0.2, 0) is 14.3 Å². The van der Waals surface area contributed by atoms with Crippen molar-refractivity contribution in [3.63, 3.8) is 0 Å². The topological polar surface area (TPSA) is 66.8 Å². The van der Waals surface area contributed by atoms with Crippen LogP contribution in [0.3, 0.4) is 0 Å². The van der Waals surface area contributed by atoms with E-state index in [1.165, 1.54) is 4.90 Å². The molecule has 0 unspecified atom stereocenters. The Kier molecular flexibility index (Phi) is 5.02. The van der Waals surface area contributed by atoms with Crippen molar-refractivity contribution in [1.82, 2.24) is 4.90 Å². The number of ether oxygens (including phenoxy) is 1. The molecule has 2 aliphatic carbocycles. The SMILES string of the molecule is CN(C(=O)COC1CCCC1)C1(C(=O)O)CCCCC1. The summed E-state index contributed by atoms with van der Waals surface area (Å²) in [6.45, 7) is 0.0101. The number of likely N-dealkylation sites (N-methyl/N-ethyl adjacent to an activating group) is 1. The fourth-order valence-corrected chi connectivity index (χ4v) is 3.41. The lowest BCUT2D eigenvalue weighted by Crippen LogP contribution is -2.57. The summed E-state index contributed by atoms with van der Waals surface area (Å²) in [5, 5.41) is 9.55. The lowest BCUT2D eigenvalue weighted by Gasteiger charge is -2.41. The number of nitrogens with zero attached hydrogens (tertiary/aromatic N) is 1. The normalized spacial score (nSPS) is 22.6. The summed E-state index contributed by atoms with van der Waals surface area (Å²) in [6, 6.07) is 0. The fraction of sp³-hybridized carbons (Fsp3) is 0.867. The van der Waals surface area contributed by atoms with Gasteiger partial charge < -0.3 is 14.7 Å². The van der Waals surface area contributed by atoms with Gasteiger partial charge in [-0.2, -0.15) is 0 Å². The van der Waals surface area contributed by atoms with Crippen molar-refractivity contribution in [2.75, 3.05) is 13.7 Å². The molecule has 5 heteroatoms. The molecule has 2 fully saturated rings. The van der Waals surface area contributed by atoms with E-state index in [4.69, 9.17) is 4.74 Å². The number of hydrogen-bond acceptors (Lipinski definition) is 3. The minimum Gasteiger partial charge on any atom is -0.479 e. The van der Waals surface area contributed by atoms with Crippen molar-refractivity contribution in [3.05, 3.63) is 0 Å². The maximum Gasteiger partial charge on any atom is 0.329 e. The molecule has 2 aliphatic rings. The zero-order valence-corrected chi connectivity index (χ0v) is 12.3. The van der Waals surface area contributed by atoms with Gasteiger partial charge >= 0.3 is 5.97 Å². The van der Waals surface area contributed by atoms with E-state index in [1.54, 1.807) is 7.05 Å². The lowest BCUT2D eigenvalue weighted by molar-refractivity contribution is -0.162. The van der Waals surface area contributed by atoms with Crippen LogP contribution in [0.15, 0.2) is 0 Å². The summed E-state index contributed by atoms with van der Waals surface area (Å²) >= 11 is 0. The van der Waals surface area contributed by atoms with E-state index >= 15 is 0 Å². The Labute approximate surface area is 120 Å². The number of carbonyl (C=O) groups is 2. The number of rotatable bonds is 5. The Morgan fingerprint density at radius 2 is 1.75 bits per heavy atom. The van der Waals surface area contributed by atoms with Gasteiger partial charge in [-0.1, -0.05) is 32.1 Å². The molecule has 114 valence electrons. The second-order valence-corrected chi connectivity index (χ2v) is 6.07. The van der Waals surface area contributed by atoms with Crippen molar-refractivity contribution in [1.29, 1.82) is 0 Å². The third-order valence-corrected chi connectivity index (χ3v) is 4.84. The van der Waals surface area contributed by atoms with Crippen LogP contribution >= 0.6 is 0 Å². The molecule has 0 aromatic carbocycles. The summed E-state index contributed by atoms with van der Waals surface area (Å²) < 4.78 is 5.62. The smallest absolute Gasteiger partial charge is 0.329 e. The third-order valence-electron chi connectivity index (χ3n) is 4.84. The molecule has 5 nitrogen and oxygen atoms in total. The van der Waals surface area contributed by atoms with E-state index in [0.29, 0.717) is 12.8 Å². The zero-order valence-electron chi connectivity index (χ0n) is 12.3. The van der Waals surface area contributed by atoms with E-state index in [9.17, 15) is 14.7 Å². The van der Waals surface area contributed by atoms with Crippen LogP contribution in [-0.4, -0.2) is 47.2 Å². The number of aliphatic carboxylic acids is 1. The molecular formula is C15H25NO4. The molecule has 1 amide bonds. The molecule has 0 bridgehead atoms. The van der Waals surface area contributed by atoms with Crippen LogP contribution in [0.25, 0.3) is 0 Å². The van der Waals surface area contributed by atoms with Gasteiger partial charge in [-0.3, -0.25) is 4.79 Å². The molecule has 0 heterocycles. The van der Waals surface area contributed by atoms with Crippen LogP contribution in [0, 0.1) is 0 Å². The van der Waals surface area contributed by atoms with E-state index in [2.05, 4.69) is 0 Å². The molecule has 0 aromatic heterocycles. The van der Waals surface area contributed by atoms with Gasteiger partial charge in [0.05, 0.1) is 6.10 Å². The number of carboxylic acids is 1. The summed E-state index contributed by atoms with van der Waals surface area (Å²) in [7, 11) is 1.61. The van der Waals surface area contributed by atoms with Gasteiger partial charge in [0.25, 0.3) is 0 Å². The first kappa shape index (κ1) is 15.3. The highest BCUT2D eigenvalue weighted by molar-refractivity contribution is 5.87. The van der Waals surface area contributed by atoms with Crippen molar-refractivity contribution >= 4 is 11.9 Å². The Bertz CT molecular complexity index is 357. The first-order valence-corrected chi connectivity index (χ1v) is 7.68. The van der Waals surface area contributed by atoms with Gasteiger partial charge in [0.1, 0.15) is 12.1 Å². The quantitative estimate of drug-likeness (QED) is 0.840. The first-order chi connectivity index (χ1) is 9.56. The van der Waals surface area contributed by atoms with Crippen molar-refractivity contribution in [2.24, 2.45) is 0 Å². The molecule has 0 spiro atoms. The second kappa shape index (κ2) is 6.57. The van der Waals surface area contributed by atoms with Gasteiger partial charge in [0, 0.05) is 7.05 Å². The molecule has 2 saturated carbocycles. The summed E-state index contributed by atoms with van der Waals surface area (Å²) in [5.74, 6) is -1.09. The third kappa shape index (κ3) is 3.14. The van der Waals surface area contributed by atoms with Crippen LogP contribution in [0.1, 0.15) is 57.8 Å². The van der Waals surface area contributed by atoms with Crippen LogP contribution < -0.4 is 0 Å². The van der Waals surface area contributed by atoms with E-state index in [-0.39, 0.29) is 18.6 Å². The lowest BCUT2D eigenvalue weighted by atomic mass is 9.80. The number of carbonyl (C=O) groups excluding carboxylic acids is 1. The summed E-state index contributed by atoms with van der Waals surface area (Å²) in [5.41, 5.74) is -1.02. The molecule has 0 saturated heterocycles. The monoisotopic (exact) mass is 283 g/mol. The second-order valence-electron chi connectivity index (χ2n) is 6.07. The number of amides is 1. The van der Waals surface area contributed by atoms with Crippen molar-refractivity contribution in [3.8, 4) is 0 Å². The molecule has 2 rings (SSSR count). The largest absolute Gasteiger partial charge is 0.479 e. The minimum absolute atomic E-state index is 0.0101. The fourth-order valence-electron chi connectivity index (χ4n) is 3.41. The maximum absolute atomic E-state index is 12.2. The Morgan fingerprint density at radius 1 is 1.15 bits per heavy atom. The highest BCUT2D eigenvalue weighted by Crippen LogP contribution is 2.33. The summed E-state index contributed by atoms with van der Waals surface area (Å²) in [4.78, 5) is 25.3. The number of carboxylic acid groups (broad SMARTS) is 1. The van der Waals surface area contributed by atoms with Gasteiger partial charge in [-0.25, -0.2) is 4.79 Å². The predicted molar refractivity (Wildman–Crippen MR) is 74.4 cm³/mol. The molecular weight excluding hydrogens is 258 g/mol. The highest BCUT2D eigenvalue weighted by atomic mass is 16.5. The molecule has 0 atom stereocenters. The first-order valence-electron chi connectivity index (χ1n) is 7.68. The Morgan fingerprint density at radius 3 is 2.30 bits per heavy atom. The average molecular weight is 283 g/mol. The molecule has 0 radical (unpaired) electrons. The van der Waals surface area contributed by atoms with Crippen LogP contribution in [0.4, 0.5) is 0 Å². The Hall–Kier alpha value is -1.10. The van der Waals surface area contributed by atoms with Gasteiger partial charge in [-0.05, 0) is 25.7 Å². The maximum atomic E-state index is 12.2. The molecule has 0 aliphatic heterocycles. The summed E-state index contributed by atoms with van der Waals surface area (Å²) in [6.07, 6.45) is 8.42. The predicted octanol–water partition coefficient (Wildman–Crippen LogP) is 2.19. The molecule has 1 N–H and O–H groups in total. The molecule has 20 heavy (non-hydrogen) atoms. The van der Waals surface area contributed by atoms with Gasteiger partial charge in [-0.15, -0.1) is 0 Å². The highest BCUT2D eigenvalue weighted by Gasteiger charge is 2.45. The Balaban J connectivity index is 1.94.